The Morgan fingerprint density at radius 3 is 2.81 bits per heavy atom. The highest BCUT2D eigenvalue weighted by atomic mass is 16.3. The molecule has 1 aromatic heterocycles. The predicted molar refractivity (Wildman–Crippen MR) is 59.8 cm³/mol. The number of rotatable bonds is 4. The number of hydrogen-bond donors (Lipinski definition) is 2. The van der Waals surface area contributed by atoms with Gasteiger partial charge in [-0.2, -0.15) is 0 Å². The van der Waals surface area contributed by atoms with Gasteiger partial charge in [0.2, 0.25) is 5.91 Å². The van der Waals surface area contributed by atoms with E-state index in [0.29, 0.717) is 0 Å². The first-order chi connectivity index (χ1) is 7.74. The number of pyridine rings is 1. The van der Waals surface area contributed by atoms with Crippen molar-refractivity contribution in [1.82, 2.24) is 10.3 Å². The summed E-state index contributed by atoms with van der Waals surface area (Å²) in [6.45, 7) is 0.0287. The van der Waals surface area contributed by atoms with Crippen LogP contribution in [0.4, 0.5) is 0 Å². The fourth-order valence-electron chi connectivity index (χ4n) is 1.93. The molecule has 0 saturated heterocycles. The van der Waals surface area contributed by atoms with Crippen LogP contribution < -0.4 is 5.32 Å². The minimum Gasteiger partial charge on any atom is -0.394 e. The molecule has 0 radical (unpaired) electrons. The van der Waals surface area contributed by atoms with Gasteiger partial charge in [0.1, 0.15) is 0 Å². The highest BCUT2D eigenvalue weighted by Crippen LogP contribution is 2.31. The van der Waals surface area contributed by atoms with Crippen LogP contribution in [0.25, 0.3) is 0 Å². The highest BCUT2D eigenvalue weighted by molar-refractivity contribution is 5.79. The van der Waals surface area contributed by atoms with Gasteiger partial charge < -0.3 is 10.4 Å². The van der Waals surface area contributed by atoms with Gasteiger partial charge in [-0.05, 0) is 31.4 Å². The van der Waals surface area contributed by atoms with Gasteiger partial charge in [0.15, 0.2) is 0 Å². The van der Waals surface area contributed by atoms with E-state index in [1.54, 1.807) is 6.20 Å². The Bertz CT molecular complexity index is 355. The van der Waals surface area contributed by atoms with Crippen LogP contribution in [0.2, 0.25) is 0 Å². The molecule has 0 aromatic carbocycles. The van der Waals surface area contributed by atoms with Crippen molar-refractivity contribution in [3.05, 3.63) is 30.1 Å². The molecule has 2 N–H and O–H groups in total. The Balaban J connectivity index is 1.89. The van der Waals surface area contributed by atoms with Gasteiger partial charge in [0, 0.05) is 11.9 Å². The quantitative estimate of drug-likeness (QED) is 0.783. The van der Waals surface area contributed by atoms with E-state index in [-0.39, 0.29) is 24.5 Å². The van der Waals surface area contributed by atoms with Crippen LogP contribution in [0, 0.1) is 0 Å². The molecule has 1 saturated carbocycles. The number of hydrogen-bond acceptors (Lipinski definition) is 3. The number of carbonyl (C=O) groups excluding carboxylic acids is 1. The first kappa shape index (κ1) is 11.1. The van der Waals surface area contributed by atoms with E-state index in [0.717, 1.165) is 25.0 Å². The van der Waals surface area contributed by atoms with Gasteiger partial charge in [-0.1, -0.05) is 6.07 Å². The largest absolute Gasteiger partial charge is 0.394 e. The van der Waals surface area contributed by atoms with Gasteiger partial charge >= 0.3 is 0 Å². The number of amides is 1. The molecule has 4 nitrogen and oxygen atoms in total. The number of aliphatic hydroxyl groups is 1. The van der Waals surface area contributed by atoms with Crippen LogP contribution >= 0.6 is 0 Å². The van der Waals surface area contributed by atoms with Crippen molar-refractivity contribution >= 4 is 5.91 Å². The minimum atomic E-state index is -0.355. The zero-order valence-corrected chi connectivity index (χ0v) is 9.15. The topological polar surface area (TPSA) is 62.2 Å². The number of nitrogens with one attached hydrogen (secondary N) is 1. The van der Waals surface area contributed by atoms with Gasteiger partial charge in [0.25, 0.3) is 0 Å². The molecule has 86 valence electrons. The number of carbonyl (C=O) groups is 1. The van der Waals surface area contributed by atoms with Gasteiger partial charge in [0.05, 0.1) is 18.6 Å². The molecule has 0 spiro atoms. The maximum atomic E-state index is 11.7. The Kier molecular flexibility index (Phi) is 3.19. The van der Waals surface area contributed by atoms with Crippen molar-refractivity contribution in [2.45, 2.75) is 31.2 Å². The monoisotopic (exact) mass is 220 g/mol. The fourth-order valence-corrected chi connectivity index (χ4v) is 1.93. The van der Waals surface area contributed by atoms with Gasteiger partial charge in [-0.3, -0.25) is 9.78 Å². The van der Waals surface area contributed by atoms with E-state index >= 15 is 0 Å². The molecule has 0 bridgehead atoms. The second kappa shape index (κ2) is 4.61. The molecule has 2 rings (SSSR count). The van der Waals surface area contributed by atoms with Gasteiger partial charge in [-0.15, -0.1) is 0 Å². The van der Waals surface area contributed by atoms with E-state index in [9.17, 15) is 9.90 Å². The van der Waals surface area contributed by atoms with Crippen molar-refractivity contribution in [1.29, 1.82) is 0 Å². The first-order valence-corrected chi connectivity index (χ1v) is 5.56. The summed E-state index contributed by atoms with van der Waals surface area (Å²) in [4.78, 5) is 15.8. The predicted octanol–water partition coefficient (Wildman–Crippen LogP) is 0.655. The zero-order valence-electron chi connectivity index (χ0n) is 9.15. The van der Waals surface area contributed by atoms with Crippen molar-refractivity contribution in [2.24, 2.45) is 0 Å². The lowest BCUT2D eigenvalue weighted by atomic mass is 9.77. The van der Waals surface area contributed by atoms with Crippen LogP contribution in [-0.4, -0.2) is 28.1 Å². The second-order valence-corrected chi connectivity index (χ2v) is 4.34. The second-order valence-electron chi connectivity index (χ2n) is 4.34. The summed E-state index contributed by atoms with van der Waals surface area (Å²) >= 11 is 0. The summed E-state index contributed by atoms with van der Waals surface area (Å²) in [5.74, 6) is -0.0625. The molecule has 1 aliphatic carbocycles. The Hall–Kier alpha value is -1.42. The van der Waals surface area contributed by atoms with E-state index < -0.39 is 0 Å². The minimum absolute atomic E-state index is 0.0287. The molecule has 1 amide bonds. The Labute approximate surface area is 94.7 Å². The summed E-state index contributed by atoms with van der Waals surface area (Å²) in [6.07, 6.45) is 4.77. The standard InChI is InChI=1S/C12H16N2O2/c15-9-12(5-3-6-12)14-11(16)8-10-4-1-2-7-13-10/h1-2,4,7,15H,3,5-6,8-9H2,(H,14,16). The summed E-state index contributed by atoms with van der Waals surface area (Å²) in [5.41, 5.74) is 0.402. The number of aromatic nitrogens is 1. The van der Waals surface area contributed by atoms with Crippen molar-refractivity contribution in [3.8, 4) is 0 Å². The Morgan fingerprint density at radius 2 is 2.31 bits per heavy atom. The van der Waals surface area contributed by atoms with Gasteiger partial charge in [-0.25, -0.2) is 0 Å². The van der Waals surface area contributed by atoms with Crippen LogP contribution in [0.3, 0.4) is 0 Å². The summed E-state index contributed by atoms with van der Waals surface area (Å²) in [7, 11) is 0. The lowest BCUT2D eigenvalue weighted by molar-refractivity contribution is -0.124. The van der Waals surface area contributed by atoms with E-state index in [4.69, 9.17) is 0 Å². The van der Waals surface area contributed by atoms with Crippen LogP contribution in [-0.2, 0) is 11.2 Å². The molecule has 1 aromatic rings. The Morgan fingerprint density at radius 1 is 1.50 bits per heavy atom. The molecular formula is C12H16N2O2. The molecule has 1 aliphatic rings. The molecular weight excluding hydrogens is 204 g/mol. The number of nitrogens with zero attached hydrogens (tertiary/aromatic N) is 1. The highest BCUT2D eigenvalue weighted by Gasteiger charge is 2.37. The van der Waals surface area contributed by atoms with Crippen molar-refractivity contribution in [2.75, 3.05) is 6.61 Å². The molecule has 0 aliphatic heterocycles. The lowest BCUT2D eigenvalue weighted by Gasteiger charge is -2.40. The fraction of sp³-hybridized carbons (Fsp3) is 0.500. The molecule has 1 fully saturated rings. The average Bonchev–Trinajstić information content (AvgIpc) is 2.25. The van der Waals surface area contributed by atoms with Crippen LogP contribution in [0.5, 0.6) is 0 Å². The summed E-state index contributed by atoms with van der Waals surface area (Å²) in [6, 6.07) is 5.51. The van der Waals surface area contributed by atoms with Crippen LogP contribution in [0.15, 0.2) is 24.4 Å². The third-order valence-corrected chi connectivity index (χ3v) is 3.09. The average molecular weight is 220 g/mol. The SMILES string of the molecule is O=C(Cc1ccccn1)NC1(CO)CCC1. The summed E-state index contributed by atoms with van der Waals surface area (Å²) in [5, 5.41) is 12.1. The third-order valence-electron chi connectivity index (χ3n) is 3.09. The lowest BCUT2D eigenvalue weighted by Crippen LogP contribution is -2.56. The summed E-state index contributed by atoms with van der Waals surface area (Å²) < 4.78 is 0. The first-order valence-electron chi connectivity index (χ1n) is 5.56. The van der Waals surface area contributed by atoms with Crippen molar-refractivity contribution < 1.29 is 9.90 Å². The molecule has 1 heterocycles. The molecule has 0 unspecified atom stereocenters. The normalized spacial score (nSPS) is 17.6. The third kappa shape index (κ3) is 2.39. The van der Waals surface area contributed by atoms with E-state index in [1.165, 1.54) is 0 Å². The smallest absolute Gasteiger partial charge is 0.226 e. The maximum absolute atomic E-state index is 11.7. The molecule has 4 heteroatoms. The molecule has 16 heavy (non-hydrogen) atoms. The van der Waals surface area contributed by atoms with Crippen molar-refractivity contribution in [3.63, 3.8) is 0 Å². The van der Waals surface area contributed by atoms with E-state index in [1.807, 2.05) is 18.2 Å². The maximum Gasteiger partial charge on any atom is 0.226 e. The zero-order chi connectivity index (χ0) is 11.4. The van der Waals surface area contributed by atoms with Crippen LogP contribution in [0.1, 0.15) is 25.0 Å². The number of aliphatic hydroxyl groups excluding tert-OH is 1. The molecule has 0 atom stereocenters. The van der Waals surface area contributed by atoms with E-state index in [2.05, 4.69) is 10.3 Å².